The lowest BCUT2D eigenvalue weighted by atomic mass is 10.1. The van der Waals surface area contributed by atoms with Crippen LogP contribution in [0.25, 0.3) is 0 Å². The Bertz CT molecular complexity index is 223. The van der Waals surface area contributed by atoms with Gasteiger partial charge in [0.25, 0.3) is 0 Å². The Labute approximate surface area is 102 Å². The van der Waals surface area contributed by atoms with Gasteiger partial charge in [-0.05, 0) is 26.7 Å². The van der Waals surface area contributed by atoms with Gasteiger partial charge >= 0.3 is 0 Å². The molecule has 1 aliphatic rings. The zero-order valence-corrected chi connectivity index (χ0v) is 10.9. The van der Waals surface area contributed by atoms with Crippen molar-refractivity contribution in [2.45, 2.75) is 38.3 Å². The van der Waals surface area contributed by atoms with Gasteiger partial charge in [0.2, 0.25) is 5.91 Å². The van der Waals surface area contributed by atoms with E-state index in [0.29, 0.717) is 12.3 Å². The molecule has 1 rings (SSSR count). The average Bonchev–Trinajstić information content (AvgIpc) is 2.65. The fourth-order valence-corrected chi connectivity index (χ4v) is 2.41. The molecular formula is C11H22N2O2S. The topological polar surface area (TPSA) is 64.4 Å². The van der Waals surface area contributed by atoms with E-state index in [1.165, 1.54) is 0 Å². The van der Waals surface area contributed by atoms with Gasteiger partial charge in [-0.25, -0.2) is 0 Å². The maximum Gasteiger partial charge on any atom is 0.230 e. The third-order valence-electron chi connectivity index (χ3n) is 2.26. The summed E-state index contributed by atoms with van der Waals surface area (Å²) in [6, 6.07) is 0. The quantitative estimate of drug-likeness (QED) is 0.726. The lowest BCUT2D eigenvalue weighted by Gasteiger charge is -2.17. The van der Waals surface area contributed by atoms with Gasteiger partial charge in [0.1, 0.15) is 0 Å². The van der Waals surface area contributed by atoms with Gasteiger partial charge in [0, 0.05) is 24.4 Å². The SMILES string of the molecule is CC(C)(N)CSCC(=O)NCC1CCCO1. The van der Waals surface area contributed by atoms with Crippen molar-refractivity contribution in [3.8, 4) is 0 Å². The van der Waals surface area contributed by atoms with E-state index in [4.69, 9.17) is 10.5 Å². The fourth-order valence-electron chi connectivity index (χ4n) is 1.49. The zero-order chi connectivity index (χ0) is 12.0. The summed E-state index contributed by atoms with van der Waals surface area (Å²) in [5.74, 6) is 1.35. The molecule has 0 saturated carbocycles. The number of hydrogen-bond acceptors (Lipinski definition) is 4. The number of thioether (sulfide) groups is 1. The first-order valence-electron chi connectivity index (χ1n) is 5.72. The minimum atomic E-state index is -0.209. The third-order valence-corrected chi connectivity index (χ3v) is 3.67. The van der Waals surface area contributed by atoms with Crippen molar-refractivity contribution < 1.29 is 9.53 Å². The molecule has 0 radical (unpaired) electrons. The highest BCUT2D eigenvalue weighted by Gasteiger charge is 2.16. The Hall–Kier alpha value is -0.260. The standard InChI is InChI=1S/C11H22N2O2S/c1-11(2,12)8-16-7-10(14)13-6-9-4-3-5-15-9/h9H,3-8,12H2,1-2H3,(H,13,14). The first-order chi connectivity index (χ1) is 7.47. The molecule has 0 aromatic rings. The van der Waals surface area contributed by atoms with E-state index in [9.17, 15) is 4.79 Å². The maximum atomic E-state index is 11.5. The van der Waals surface area contributed by atoms with Crippen LogP contribution in [0.2, 0.25) is 0 Å². The Morgan fingerprint density at radius 1 is 1.62 bits per heavy atom. The van der Waals surface area contributed by atoms with Crippen LogP contribution in [0.4, 0.5) is 0 Å². The van der Waals surface area contributed by atoms with Crippen molar-refractivity contribution in [3.05, 3.63) is 0 Å². The molecule has 1 saturated heterocycles. The van der Waals surface area contributed by atoms with Crippen molar-refractivity contribution in [2.24, 2.45) is 5.73 Å². The second-order valence-corrected chi connectivity index (χ2v) is 5.91. The molecular weight excluding hydrogens is 224 g/mol. The molecule has 0 bridgehead atoms. The summed E-state index contributed by atoms with van der Waals surface area (Å²) in [7, 11) is 0. The van der Waals surface area contributed by atoms with Gasteiger partial charge in [0.05, 0.1) is 11.9 Å². The number of nitrogens with two attached hydrogens (primary N) is 1. The summed E-state index contributed by atoms with van der Waals surface area (Å²) in [5, 5.41) is 2.89. The van der Waals surface area contributed by atoms with E-state index in [2.05, 4.69) is 5.32 Å². The zero-order valence-electron chi connectivity index (χ0n) is 10.1. The van der Waals surface area contributed by atoms with Crippen LogP contribution >= 0.6 is 11.8 Å². The average molecular weight is 246 g/mol. The molecule has 1 unspecified atom stereocenters. The Morgan fingerprint density at radius 2 is 2.38 bits per heavy atom. The summed E-state index contributed by atoms with van der Waals surface area (Å²) in [6.07, 6.45) is 2.39. The molecule has 16 heavy (non-hydrogen) atoms. The van der Waals surface area contributed by atoms with Gasteiger partial charge in [-0.3, -0.25) is 4.79 Å². The maximum absolute atomic E-state index is 11.5. The molecule has 1 amide bonds. The summed E-state index contributed by atoms with van der Waals surface area (Å²) < 4.78 is 5.42. The number of carbonyl (C=O) groups is 1. The van der Waals surface area contributed by atoms with Crippen LogP contribution in [0.1, 0.15) is 26.7 Å². The van der Waals surface area contributed by atoms with Crippen molar-refractivity contribution in [3.63, 3.8) is 0 Å². The molecule has 94 valence electrons. The molecule has 1 atom stereocenters. The molecule has 5 heteroatoms. The van der Waals surface area contributed by atoms with Gasteiger partial charge in [0.15, 0.2) is 0 Å². The van der Waals surface area contributed by atoms with E-state index < -0.39 is 0 Å². The smallest absolute Gasteiger partial charge is 0.230 e. The van der Waals surface area contributed by atoms with Crippen LogP contribution in [0.15, 0.2) is 0 Å². The number of rotatable bonds is 6. The second kappa shape index (κ2) is 6.47. The predicted octanol–water partition coefficient (Wildman–Crippen LogP) is 0.752. The number of carbonyl (C=O) groups excluding carboxylic acids is 1. The van der Waals surface area contributed by atoms with Crippen molar-refractivity contribution in [1.29, 1.82) is 0 Å². The normalized spacial score (nSPS) is 21.1. The number of nitrogens with one attached hydrogen (secondary N) is 1. The molecule has 1 aliphatic heterocycles. The van der Waals surface area contributed by atoms with Crippen LogP contribution in [0.5, 0.6) is 0 Å². The van der Waals surface area contributed by atoms with E-state index in [1.807, 2.05) is 13.8 Å². The van der Waals surface area contributed by atoms with Gasteiger partial charge in [-0.15, -0.1) is 0 Å². The first-order valence-corrected chi connectivity index (χ1v) is 6.88. The van der Waals surface area contributed by atoms with E-state index >= 15 is 0 Å². The van der Waals surface area contributed by atoms with Gasteiger partial charge in [-0.1, -0.05) is 0 Å². The van der Waals surface area contributed by atoms with Crippen molar-refractivity contribution >= 4 is 17.7 Å². The lowest BCUT2D eigenvalue weighted by molar-refractivity contribution is -0.119. The molecule has 0 aliphatic carbocycles. The molecule has 1 fully saturated rings. The van der Waals surface area contributed by atoms with Crippen LogP contribution in [-0.2, 0) is 9.53 Å². The van der Waals surface area contributed by atoms with Crippen LogP contribution in [-0.4, -0.2) is 42.2 Å². The van der Waals surface area contributed by atoms with E-state index in [-0.39, 0.29) is 17.6 Å². The largest absolute Gasteiger partial charge is 0.376 e. The van der Waals surface area contributed by atoms with E-state index in [0.717, 1.165) is 25.2 Å². The highest BCUT2D eigenvalue weighted by atomic mass is 32.2. The van der Waals surface area contributed by atoms with Crippen LogP contribution in [0, 0.1) is 0 Å². The summed E-state index contributed by atoms with van der Waals surface area (Å²) in [6.45, 7) is 5.40. The van der Waals surface area contributed by atoms with Crippen LogP contribution < -0.4 is 11.1 Å². The molecule has 0 aromatic heterocycles. The van der Waals surface area contributed by atoms with Crippen LogP contribution in [0.3, 0.4) is 0 Å². The highest BCUT2D eigenvalue weighted by Crippen LogP contribution is 2.11. The van der Waals surface area contributed by atoms with Crippen molar-refractivity contribution in [2.75, 3.05) is 24.7 Å². The van der Waals surface area contributed by atoms with E-state index in [1.54, 1.807) is 11.8 Å². The molecule has 0 aromatic carbocycles. The monoisotopic (exact) mass is 246 g/mol. The molecule has 3 N–H and O–H groups in total. The Kier molecular flexibility index (Phi) is 5.58. The predicted molar refractivity (Wildman–Crippen MR) is 67.6 cm³/mol. The first kappa shape index (κ1) is 13.8. The lowest BCUT2D eigenvalue weighted by Crippen LogP contribution is -2.36. The minimum Gasteiger partial charge on any atom is -0.376 e. The van der Waals surface area contributed by atoms with Crippen molar-refractivity contribution in [1.82, 2.24) is 5.32 Å². The number of ether oxygens (including phenoxy) is 1. The molecule has 4 nitrogen and oxygen atoms in total. The number of hydrogen-bond donors (Lipinski definition) is 2. The molecule has 1 heterocycles. The molecule has 0 spiro atoms. The third kappa shape index (κ3) is 6.35. The second-order valence-electron chi connectivity index (χ2n) is 4.92. The Balaban J connectivity index is 2.02. The minimum absolute atomic E-state index is 0.0738. The summed E-state index contributed by atoms with van der Waals surface area (Å²) in [5.41, 5.74) is 5.61. The van der Waals surface area contributed by atoms with Gasteiger partial charge < -0.3 is 15.8 Å². The number of amides is 1. The summed E-state index contributed by atoms with van der Waals surface area (Å²) >= 11 is 1.57. The summed E-state index contributed by atoms with van der Waals surface area (Å²) in [4.78, 5) is 11.5. The fraction of sp³-hybridized carbons (Fsp3) is 0.909. The Morgan fingerprint density at radius 3 is 2.94 bits per heavy atom. The highest BCUT2D eigenvalue weighted by molar-refractivity contribution is 8.00. The van der Waals surface area contributed by atoms with Gasteiger partial charge in [-0.2, -0.15) is 11.8 Å².